The summed E-state index contributed by atoms with van der Waals surface area (Å²) in [6.45, 7) is 0. The molecule has 0 radical (unpaired) electrons. The van der Waals surface area contributed by atoms with E-state index in [-0.39, 0.29) is 0 Å². The molecule has 0 amide bonds. The highest BCUT2D eigenvalue weighted by Crippen LogP contribution is 2.49. The van der Waals surface area contributed by atoms with Crippen molar-refractivity contribution in [3.05, 3.63) is 145 Å². The van der Waals surface area contributed by atoms with Gasteiger partial charge >= 0.3 is 0 Å². The monoisotopic (exact) mass is 614 g/mol. The lowest BCUT2D eigenvalue weighted by atomic mass is 9.93. The maximum atomic E-state index is 6.51. The van der Waals surface area contributed by atoms with Gasteiger partial charge in [0.1, 0.15) is 11.5 Å². The summed E-state index contributed by atoms with van der Waals surface area (Å²) in [6, 6.07) is 42.8. The van der Waals surface area contributed by atoms with Crippen LogP contribution in [0.15, 0.2) is 133 Å². The van der Waals surface area contributed by atoms with Gasteiger partial charge in [-0.2, -0.15) is 0 Å². The van der Waals surface area contributed by atoms with E-state index in [1.807, 2.05) is 12.1 Å². The summed E-state index contributed by atoms with van der Waals surface area (Å²) in [4.78, 5) is 10.7. The van der Waals surface area contributed by atoms with E-state index >= 15 is 0 Å². The van der Waals surface area contributed by atoms with E-state index in [2.05, 4.69) is 143 Å². The first-order chi connectivity index (χ1) is 23.8. The normalized spacial score (nSPS) is 13.3. The second-order valence-electron chi connectivity index (χ2n) is 12.5. The molecule has 0 saturated carbocycles. The summed E-state index contributed by atoms with van der Waals surface area (Å²) < 4.78 is 11.2. The van der Waals surface area contributed by atoms with Crippen LogP contribution in [0.1, 0.15) is 17.5 Å². The number of hydrogen-bond acceptors (Lipinski definition) is 3. The fourth-order valence-electron chi connectivity index (χ4n) is 7.92. The van der Waals surface area contributed by atoms with Gasteiger partial charge in [-0.15, -0.1) is 0 Å². The van der Waals surface area contributed by atoms with Crippen molar-refractivity contribution in [1.29, 1.82) is 0 Å². The maximum absolute atomic E-state index is 6.51. The third kappa shape index (κ3) is 3.39. The van der Waals surface area contributed by atoms with Crippen LogP contribution in [0.25, 0.3) is 89.6 Å². The van der Waals surface area contributed by atoms with Gasteiger partial charge < -0.3 is 9.30 Å². The number of fused-ring (bicyclic) bond motifs is 11. The van der Waals surface area contributed by atoms with Gasteiger partial charge in [-0.3, -0.25) is 4.57 Å². The largest absolute Gasteiger partial charge is 0.456 e. The van der Waals surface area contributed by atoms with Crippen LogP contribution < -0.4 is 4.74 Å². The van der Waals surface area contributed by atoms with E-state index in [4.69, 9.17) is 14.7 Å². The van der Waals surface area contributed by atoms with Gasteiger partial charge in [0.25, 0.3) is 0 Å². The lowest BCUT2D eigenvalue weighted by molar-refractivity contribution is 0.486. The summed E-state index contributed by atoms with van der Waals surface area (Å²) in [5, 5.41) is 5.73. The number of para-hydroxylation sites is 3. The summed E-state index contributed by atoms with van der Waals surface area (Å²) in [7, 11) is 0. The van der Waals surface area contributed by atoms with Crippen molar-refractivity contribution < 1.29 is 4.74 Å². The van der Waals surface area contributed by atoms with Crippen LogP contribution in [-0.4, -0.2) is 19.1 Å². The molecule has 0 spiro atoms. The molecule has 0 saturated heterocycles. The van der Waals surface area contributed by atoms with Crippen LogP contribution in [0, 0.1) is 0 Å². The lowest BCUT2D eigenvalue weighted by Crippen LogP contribution is -2.08. The molecule has 2 aliphatic rings. The van der Waals surface area contributed by atoms with Gasteiger partial charge in [0.05, 0.1) is 44.2 Å². The summed E-state index contributed by atoms with van der Waals surface area (Å²) >= 11 is 0. The molecule has 1 aliphatic heterocycles. The van der Waals surface area contributed by atoms with Gasteiger partial charge in [-0.25, -0.2) is 9.97 Å². The van der Waals surface area contributed by atoms with E-state index < -0.39 is 0 Å². The molecular weight excluding hydrogens is 589 g/mol. The van der Waals surface area contributed by atoms with Gasteiger partial charge in [0.15, 0.2) is 0 Å². The predicted molar refractivity (Wildman–Crippen MR) is 196 cm³/mol. The zero-order chi connectivity index (χ0) is 31.3. The van der Waals surface area contributed by atoms with Crippen molar-refractivity contribution in [2.24, 2.45) is 0 Å². The van der Waals surface area contributed by atoms with Crippen LogP contribution in [0.5, 0.6) is 11.5 Å². The average molecular weight is 615 g/mol. The smallest absolute Gasteiger partial charge is 0.235 e. The standard InChI is InChI=1S/C43H26N4O/c1-3-12-26-22-25-37-39(28(26)15-6-1)41-40-32(18-11-21-36(40)48-37)44-43(45-41)47-34-20-10-8-17-31(34)38-35(47)24-23-30-29-16-7-9-19-33(29)46(42(30)38)27-13-4-2-5-14-27/h2-25H,1H2. The Morgan fingerprint density at radius 3 is 2.23 bits per heavy atom. The minimum absolute atomic E-state index is 0.640. The number of ether oxygens (including phenoxy) is 1. The second kappa shape index (κ2) is 9.53. The van der Waals surface area contributed by atoms with Crippen molar-refractivity contribution in [2.45, 2.75) is 6.42 Å². The van der Waals surface area contributed by atoms with E-state index in [1.165, 1.54) is 27.2 Å². The van der Waals surface area contributed by atoms with Gasteiger partial charge in [0.2, 0.25) is 5.95 Å². The van der Waals surface area contributed by atoms with Crippen molar-refractivity contribution in [3.8, 4) is 34.4 Å². The number of rotatable bonds is 2. The molecule has 0 fully saturated rings. The Bertz CT molecular complexity index is 2890. The van der Waals surface area contributed by atoms with Crippen molar-refractivity contribution in [2.75, 3.05) is 0 Å². The Balaban J connectivity index is 1.29. The lowest BCUT2D eigenvalue weighted by Gasteiger charge is -2.23. The fraction of sp³-hybridized carbons (Fsp3) is 0.0233. The number of allylic oxidation sites excluding steroid dienone is 2. The molecule has 0 unspecified atom stereocenters. The third-order valence-electron chi connectivity index (χ3n) is 9.91. The molecule has 3 aromatic heterocycles. The molecule has 48 heavy (non-hydrogen) atoms. The minimum Gasteiger partial charge on any atom is -0.456 e. The van der Waals surface area contributed by atoms with Gasteiger partial charge in [0, 0.05) is 27.2 Å². The van der Waals surface area contributed by atoms with Crippen LogP contribution in [0.3, 0.4) is 0 Å². The molecule has 0 N–H and O–H groups in total. The van der Waals surface area contributed by atoms with E-state index in [0.29, 0.717) is 5.95 Å². The molecule has 0 bridgehead atoms. The number of benzene rings is 6. The number of nitrogens with zero attached hydrogens (tertiary/aromatic N) is 4. The number of hydrogen-bond donors (Lipinski definition) is 0. The molecule has 6 aromatic carbocycles. The maximum Gasteiger partial charge on any atom is 0.235 e. The molecule has 224 valence electrons. The van der Waals surface area contributed by atoms with E-state index in [0.717, 1.165) is 73.3 Å². The molecule has 1 aliphatic carbocycles. The molecule has 4 heterocycles. The first kappa shape index (κ1) is 25.7. The molecule has 0 atom stereocenters. The minimum atomic E-state index is 0.640. The highest BCUT2D eigenvalue weighted by Gasteiger charge is 2.28. The van der Waals surface area contributed by atoms with Crippen LogP contribution in [0.4, 0.5) is 0 Å². The molecule has 5 nitrogen and oxygen atoms in total. The topological polar surface area (TPSA) is 44.9 Å². The quantitative estimate of drug-likeness (QED) is 0.195. The summed E-state index contributed by atoms with van der Waals surface area (Å²) in [6.07, 6.45) is 9.69. The molecule has 9 aromatic rings. The fourth-order valence-corrected chi connectivity index (χ4v) is 7.92. The average Bonchev–Trinajstić information content (AvgIpc) is 3.53. The van der Waals surface area contributed by atoms with Crippen LogP contribution in [0.2, 0.25) is 0 Å². The Labute approximate surface area is 275 Å². The van der Waals surface area contributed by atoms with E-state index in [9.17, 15) is 0 Å². The van der Waals surface area contributed by atoms with Gasteiger partial charge in [-0.05, 0) is 66.1 Å². The first-order valence-electron chi connectivity index (χ1n) is 16.3. The molecule has 11 rings (SSSR count). The van der Waals surface area contributed by atoms with Crippen molar-refractivity contribution in [1.82, 2.24) is 19.1 Å². The zero-order valence-corrected chi connectivity index (χ0v) is 25.8. The van der Waals surface area contributed by atoms with Crippen molar-refractivity contribution in [3.63, 3.8) is 0 Å². The van der Waals surface area contributed by atoms with Gasteiger partial charge in [-0.1, -0.05) is 97.1 Å². The van der Waals surface area contributed by atoms with E-state index in [1.54, 1.807) is 0 Å². The highest BCUT2D eigenvalue weighted by molar-refractivity contribution is 6.26. The highest BCUT2D eigenvalue weighted by atomic mass is 16.5. The Morgan fingerprint density at radius 1 is 0.542 bits per heavy atom. The Morgan fingerprint density at radius 2 is 1.33 bits per heavy atom. The predicted octanol–water partition coefficient (Wildman–Crippen LogP) is 11.0. The Kier molecular flexibility index (Phi) is 5.10. The second-order valence-corrected chi connectivity index (χ2v) is 12.5. The summed E-state index contributed by atoms with van der Waals surface area (Å²) in [5.41, 5.74) is 10.7. The van der Waals surface area contributed by atoms with Crippen molar-refractivity contribution >= 4 is 66.7 Å². The SMILES string of the molecule is C1=Cc2ccc3c(c2C=CC1)-c1nc(-n2c4ccccc4c4c2ccc2c5ccccc5n(-c5ccccc5)c24)nc2cccc(c12)O3. The zero-order valence-electron chi connectivity index (χ0n) is 25.8. The summed E-state index contributed by atoms with van der Waals surface area (Å²) in [5.74, 6) is 2.24. The first-order valence-corrected chi connectivity index (χ1v) is 16.3. The Hall–Kier alpha value is -6.46. The third-order valence-corrected chi connectivity index (χ3v) is 9.91. The van der Waals surface area contributed by atoms with Crippen LogP contribution in [-0.2, 0) is 0 Å². The molecule has 5 heteroatoms. The van der Waals surface area contributed by atoms with Crippen LogP contribution >= 0.6 is 0 Å². The molecular formula is C43H26N4O. The number of aromatic nitrogens is 4.